The van der Waals surface area contributed by atoms with E-state index in [0.717, 1.165) is 36.7 Å². The van der Waals surface area contributed by atoms with Crippen LogP contribution in [0.5, 0.6) is 0 Å². The van der Waals surface area contributed by atoms with Crippen molar-refractivity contribution >= 4 is 17.7 Å². The first-order valence-electron chi connectivity index (χ1n) is 9.68. The molecule has 0 unspecified atom stereocenters. The highest BCUT2D eigenvalue weighted by Crippen LogP contribution is 2.28. The van der Waals surface area contributed by atoms with Crippen molar-refractivity contribution in [2.24, 2.45) is 0 Å². The van der Waals surface area contributed by atoms with E-state index in [0.29, 0.717) is 0 Å². The van der Waals surface area contributed by atoms with E-state index in [1.54, 1.807) is 6.08 Å². The van der Waals surface area contributed by atoms with E-state index in [9.17, 15) is 4.79 Å². The van der Waals surface area contributed by atoms with Crippen molar-refractivity contribution in [3.8, 4) is 0 Å². The first-order chi connectivity index (χ1) is 12.8. The Morgan fingerprint density at radius 2 is 1.77 bits per heavy atom. The van der Waals surface area contributed by atoms with Crippen molar-refractivity contribution in [3.05, 3.63) is 71.3 Å². The molecular weight excluding hydrogens is 320 g/mol. The number of benzene rings is 2. The molecule has 4 rings (SSSR count). The van der Waals surface area contributed by atoms with Crippen LogP contribution in [-0.4, -0.2) is 29.9 Å². The van der Waals surface area contributed by atoms with Gasteiger partial charge in [0.05, 0.1) is 0 Å². The van der Waals surface area contributed by atoms with Crippen LogP contribution in [0.2, 0.25) is 0 Å². The van der Waals surface area contributed by atoms with Crippen molar-refractivity contribution in [2.45, 2.75) is 38.1 Å². The van der Waals surface area contributed by atoms with Crippen molar-refractivity contribution in [2.75, 3.05) is 18.4 Å². The summed E-state index contributed by atoms with van der Waals surface area (Å²) in [5, 5.41) is 3.00. The second kappa shape index (κ2) is 7.88. The van der Waals surface area contributed by atoms with Gasteiger partial charge in [0.1, 0.15) is 0 Å². The molecule has 1 N–H and O–H groups in total. The Balaban J connectivity index is 1.39. The van der Waals surface area contributed by atoms with Gasteiger partial charge in [0.25, 0.3) is 0 Å². The fourth-order valence-corrected chi connectivity index (χ4v) is 3.86. The maximum absolute atomic E-state index is 12.2. The minimum atomic E-state index is -0.0847. The topological polar surface area (TPSA) is 32.3 Å². The molecule has 0 aromatic heterocycles. The molecule has 2 aromatic carbocycles. The SMILES string of the molecule is O=C(C=Cc1ccccc1)Nc1ccc2c(c1)CCN(C1CCC1)CC2. The molecule has 0 spiro atoms. The number of anilines is 1. The number of hydrogen-bond donors (Lipinski definition) is 1. The average molecular weight is 346 g/mol. The number of amides is 1. The second-order valence-electron chi connectivity index (χ2n) is 7.34. The zero-order chi connectivity index (χ0) is 17.8. The molecule has 1 saturated carbocycles. The number of fused-ring (bicyclic) bond motifs is 1. The normalized spacial score (nSPS) is 18.2. The lowest BCUT2D eigenvalue weighted by atomic mass is 9.91. The number of nitrogens with zero attached hydrogens (tertiary/aromatic N) is 1. The Morgan fingerprint density at radius 1 is 1.00 bits per heavy atom. The van der Waals surface area contributed by atoms with Crippen LogP contribution in [0.1, 0.15) is 36.0 Å². The minimum absolute atomic E-state index is 0.0847. The van der Waals surface area contributed by atoms with E-state index in [1.165, 1.54) is 36.9 Å². The van der Waals surface area contributed by atoms with Gasteiger partial charge in [-0.2, -0.15) is 0 Å². The Kier molecular flexibility index (Phi) is 5.16. The second-order valence-corrected chi connectivity index (χ2v) is 7.34. The maximum Gasteiger partial charge on any atom is 0.248 e. The number of nitrogens with one attached hydrogen (secondary N) is 1. The minimum Gasteiger partial charge on any atom is -0.323 e. The predicted molar refractivity (Wildman–Crippen MR) is 107 cm³/mol. The smallest absolute Gasteiger partial charge is 0.248 e. The van der Waals surface area contributed by atoms with E-state index >= 15 is 0 Å². The molecule has 0 bridgehead atoms. The van der Waals surface area contributed by atoms with Crippen LogP contribution in [-0.2, 0) is 17.6 Å². The Bertz CT molecular complexity index is 793. The summed E-state index contributed by atoms with van der Waals surface area (Å²) in [6.07, 6.45) is 9.76. The summed E-state index contributed by atoms with van der Waals surface area (Å²) >= 11 is 0. The largest absolute Gasteiger partial charge is 0.323 e. The van der Waals surface area contributed by atoms with E-state index in [-0.39, 0.29) is 5.91 Å². The third-order valence-electron chi connectivity index (χ3n) is 5.63. The molecule has 134 valence electrons. The molecule has 26 heavy (non-hydrogen) atoms. The molecule has 1 aliphatic heterocycles. The average Bonchev–Trinajstić information content (AvgIpc) is 2.82. The van der Waals surface area contributed by atoms with Gasteiger partial charge in [-0.3, -0.25) is 9.69 Å². The number of carbonyl (C=O) groups is 1. The van der Waals surface area contributed by atoms with Crippen LogP contribution < -0.4 is 5.32 Å². The van der Waals surface area contributed by atoms with Gasteiger partial charge >= 0.3 is 0 Å². The van der Waals surface area contributed by atoms with Crippen LogP contribution in [0.15, 0.2) is 54.6 Å². The van der Waals surface area contributed by atoms with Gasteiger partial charge in [-0.05, 0) is 60.6 Å². The Hall–Kier alpha value is -2.39. The Morgan fingerprint density at radius 3 is 2.50 bits per heavy atom. The lowest BCUT2D eigenvalue weighted by Crippen LogP contribution is -2.41. The van der Waals surface area contributed by atoms with Crippen molar-refractivity contribution in [3.63, 3.8) is 0 Å². The predicted octanol–water partition coefficient (Wildman–Crippen LogP) is 4.29. The summed E-state index contributed by atoms with van der Waals surface area (Å²) in [6, 6.07) is 17.1. The van der Waals surface area contributed by atoms with Gasteiger partial charge in [0, 0.05) is 30.9 Å². The van der Waals surface area contributed by atoms with E-state index in [4.69, 9.17) is 0 Å². The van der Waals surface area contributed by atoms with Crippen molar-refractivity contribution in [1.29, 1.82) is 0 Å². The monoisotopic (exact) mass is 346 g/mol. The molecule has 1 amide bonds. The maximum atomic E-state index is 12.2. The lowest BCUT2D eigenvalue weighted by Gasteiger charge is -2.36. The number of hydrogen-bond acceptors (Lipinski definition) is 2. The quantitative estimate of drug-likeness (QED) is 0.838. The Labute approximate surface area is 155 Å². The van der Waals surface area contributed by atoms with Gasteiger partial charge in [-0.1, -0.05) is 42.8 Å². The molecule has 3 heteroatoms. The molecule has 1 aliphatic carbocycles. The number of rotatable bonds is 4. The van der Waals surface area contributed by atoms with Crippen LogP contribution in [0.3, 0.4) is 0 Å². The number of carbonyl (C=O) groups excluding carboxylic acids is 1. The third-order valence-corrected chi connectivity index (χ3v) is 5.63. The zero-order valence-electron chi connectivity index (χ0n) is 15.2. The van der Waals surface area contributed by atoms with E-state index in [1.807, 2.05) is 42.5 Å². The van der Waals surface area contributed by atoms with Gasteiger partial charge in [-0.15, -0.1) is 0 Å². The molecule has 0 radical (unpaired) electrons. The molecule has 0 saturated heterocycles. The highest BCUT2D eigenvalue weighted by Gasteiger charge is 2.26. The van der Waals surface area contributed by atoms with Crippen LogP contribution in [0.4, 0.5) is 5.69 Å². The molecule has 1 heterocycles. The third kappa shape index (κ3) is 4.05. The summed E-state index contributed by atoms with van der Waals surface area (Å²) in [5.74, 6) is -0.0847. The van der Waals surface area contributed by atoms with Crippen molar-refractivity contribution < 1.29 is 4.79 Å². The first kappa shape index (κ1) is 17.0. The first-order valence-corrected chi connectivity index (χ1v) is 9.68. The molecule has 2 aromatic rings. The fourth-order valence-electron chi connectivity index (χ4n) is 3.86. The van der Waals surface area contributed by atoms with Gasteiger partial charge in [-0.25, -0.2) is 0 Å². The van der Waals surface area contributed by atoms with E-state index < -0.39 is 0 Å². The fraction of sp³-hybridized carbons (Fsp3) is 0.348. The van der Waals surface area contributed by atoms with Crippen molar-refractivity contribution in [1.82, 2.24) is 4.90 Å². The summed E-state index contributed by atoms with van der Waals surface area (Å²) in [6.45, 7) is 2.31. The van der Waals surface area contributed by atoms with Crippen LogP contribution >= 0.6 is 0 Å². The molecule has 3 nitrogen and oxygen atoms in total. The molecule has 1 fully saturated rings. The van der Waals surface area contributed by atoms with Crippen LogP contribution in [0, 0.1) is 0 Å². The summed E-state index contributed by atoms with van der Waals surface area (Å²) < 4.78 is 0. The summed E-state index contributed by atoms with van der Waals surface area (Å²) in [5.41, 5.74) is 4.74. The van der Waals surface area contributed by atoms with E-state index in [2.05, 4.69) is 22.3 Å². The van der Waals surface area contributed by atoms with Gasteiger partial charge < -0.3 is 5.32 Å². The molecule has 0 atom stereocenters. The summed E-state index contributed by atoms with van der Waals surface area (Å²) in [7, 11) is 0. The standard InChI is InChI=1S/C23H26N2O/c26-23(12-9-18-5-2-1-3-6-18)24-21-11-10-19-13-15-25(22-7-4-8-22)16-14-20(19)17-21/h1-3,5-6,9-12,17,22H,4,7-8,13-16H2,(H,24,26). The summed E-state index contributed by atoms with van der Waals surface area (Å²) in [4.78, 5) is 14.9. The van der Waals surface area contributed by atoms with Crippen LogP contribution in [0.25, 0.3) is 6.08 Å². The highest BCUT2D eigenvalue weighted by molar-refractivity contribution is 6.02. The van der Waals surface area contributed by atoms with Gasteiger partial charge in [0.15, 0.2) is 0 Å². The molecule has 2 aliphatic rings. The lowest BCUT2D eigenvalue weighted by molar-refractivity contribution is -0.111. The highest BCUT2D eigenvalue weighted by atomic mass is 16.1. The van der Waals surface area contributed by atoms with Gasteiger partial charge in [0.2, 0.25) is 5.91 Å². The molecular formula is C23H26N2O. The zero-order valence-corrected chi connectivity index (χ0v) is 15.2.